The average Bonchev–Trinajstić information content (AvgIpc) is 2.34. The smallest absolute Gasteiger partial charge is 0.101 e. The Hall–Kier alpha value is -1.69. The molecule has 0 bridgehead atoms. The molecule has 0 saturated carbocycles. The third-order valence-electron chi connectivity index (χ3n) is 4.05. The molecule has 18 heavy (non-hydrogen) atoms. The van der Waals surface area contributed by atoms with Crippen molar-refractivity contribution < 1.29 is 0 Å². The van der Waals surface area contributed by atoms with E-state index in [1.807, 2.05) is 12.1 Å². The highest BCUT2D eigenvalue weighted by Crippen LogP contribution is 2.33. The normalized spacial score (nSPS) is 27.9. The zero-order valence-corrected chi connectivity index (χ0v) is 11.4. The predicted molar refractivity (Wildman–Crippen MR) is 75.3 cm³/mol. The van der Waals surface area contributed by atoms with Crippen LogP contribution in [0.1, 0.15) is 32.8 Å². The number of anilines is 2. The molecule has 3 nitrogen and oxygen atoms in total. The summed E-state index contributed by atoms with van der Waals surface area (Å²) in [4.78, 5) is 2.36. The van der Waals surface area contributed by atoms with Gasteiger partial charge in [0.05, 0.1) is 11.3 Å². The summed E-state index contributed by atoms with van der Waals surface area (Å²) in [6, 6.07) is 8.36. The molecule has 0 spiro atoms. The van der Waals surface area contributed by atoms with Gasteiger partial charge in [-0.15, -0.1) is 0 Å². The van der Waals surface area contributed by atoms with Gasteiger partial charge in [-0.05, 0) is 43.4 Å². The zero-order valence-electron chi connectivity index (χ0n) is 11.4. The Bertz CT molecular complexity index is 475. The minimum atomic E-state index is 0.469. The fraction of sp³-hybridized carbons (Fsp3) is 0.533. The lowest BCUT2D eigenvalue weighted by molar-refractivity contribution is 0.297. The summed E-state index contributed by atoms with van der Waals surface area (Å²) < 4.78 is 0. The summed E-state index contributed by atoms with van der Waals surface area (Å²) in [6.45, 7) is 7.83. The molecule has 1 fully saturated rings. The van der Waals surface area contributed by atoms with Gasteiger partial charge in [-0.25, -0.2) is 0 Å². The monoisotopic (exact) mass is 243 g/mol. The molecule has 1 aromatic carbocycles. The highest BCUT2D eigenvalue weighted by molar-refractivity contribution is 5.65. The molecule has 2 rings (SSSR count). The maximum absolute atomic E-state index is 9.26. The van der Waals surface area contributed by atoms with Gasteiger partial charge in [-0.2, -0.15) is 5.26 Å². The minimum absolute atomic E-state index is 0.469. The van der Waals surface area contributed by atoms with E-state index < -0.39 is 0 Å². The molecule has 1 saturated heterocycles. The Balaban J connectivity index is 2.38. The van der Waals surface area contributed by atoms with Crippen LogP contribution in [0.5, 0.6) is 0 Å². The van der Waals surface area contributed by atoms with E-state index in [-0.39, 0.29) is 0 Å². The molecule has 0 aliphatic carbocycles. The molecular weight excluding hydrogens is 222 g/mol. The molecule has 1 heterocycles. The number of nitrogens with two attached hydrogens (primary N) is 1. The van der Waals surface area contributed by atoms with Crippen LogP contribution in [-0.2, 0) is 0 Å². The summed E-state index contributed by atoms with van der Waals surface area (Å²) >= 11 is 0. The molecule has 0 amide bonds. The number of nitriles is 1. The second-order valence-corrected chi connectivity index (χ2v) is 5.60. The van der Waals surface area contributed by atoms with E-state index in [4.69, 9.17) is 5.73 Å². The Morgan fingerprint density at radius 1 is 1.33 bits per heavy atom. The second-order valence-electron chi connectivity index (χ2n) is 5.60. The standard InChI is InChI=1S/C15H21N3/c1-10-6-11(2)12(3)18(9-10)15-5-4-14(17)7-13(15)8-16/h4-5,7,10-12H,6,9,17H2,1-3H3. The number of nitrogen functional groups attached to an aromatic ring is 1. The van der Waals surface area contributed by atoms with E-state index in [0.29, 0.717) is 29.1 Å². The first-order valence-electron chi connectivity index (χ1n) is 6.59. The largest absolute Gasteiger partial charge is 0.399 e. The van der Waals surface area contributed by atoms with Gasteiger partial charge in [-0.3, -0.25) is 0 Å². The number of piperidine rings is 1. The SMILES string of the molecule is CC1CC(C)C(C)N(c2ccc(N)cc2C#N)C1. The number of hydrogen-bond donors (Lipinski definition) is 1. The maximum Gasteiger partial charge on any atom is 0.101 e. The van der Waals surface area contributed by atoms with E-state index in [2.05, 4.69) is 31.7 Å². The quantitative estimate of drug-likeness (QED) is 0.771. The topological polar surface area (TPSA) is 53.0 Å². The molecule has 3 unspecified atom stereocenters. The highest BCUT2D eigenvalue weighted by Gasteiger charge is 2.29. The Morgan fingerprint density at radius 3 is 2.72 bits per heavy atom. The van der Waals surface area contributed by atoms with Crippen molar-refractivity contribution in [1.29, 1.82) is 5.26 Å². The van der Waals surface area contributed by atoms with Crippen molar-refractivity contribution in [3.63, 3.8) is 0 Å². The summed E-state index contributed by atoms with van der Waals surface area (Å²) in [5.74, 6) is 1.32. The van der Waals surface area contributed by atoms with E-state index in [9.17, 15) is 5.26 Å². The summed E-state index contributed by atoms with van der Waals surface area (Å²) in [5.41, 5.74) is 8.12. The van der Waals surface area contributed by atoms with Gasteiger partial charge in [0, 0.05) is 18.3 Å². The molecule has 2 N–H and O–H groups in total. The maximum atomic E-state index is 9.26. The van der Waals surface area contributed by atoms with Gasteiger partial charge in [-0.1, -0.05) is 13.8 Å². The van der Waals surface area contributed by atoms with Crippen LogP contribution in [0.2, 0.25) is 0 Å². The van der Waals surface area contributed by atoms with Crippen molar-refractivity contribution in [1.82, 2.24) is 0 Å². The Morgan fingerprint density at radius 2 is 2.06 bits per heavy atom. The first kappa shape index (κ1) is 12.8. The molecule has 1 aromatic rings. The van der Waals surface area contributed by atoms with Crippen molar-refractivity contribution >= 4 is 11.4 Å². The number of nitrogens with zero attached hydrogens (tertiary/aromatic N) is 2. The Kier molecular flexibility index (Phi) is 3.47. The van der Waals surface area contributed by atoms with Crippen LogP contribution in [0.4, 0.5) is 11.4 Å². The van der Waals surface area contributed by atoms with Gasteiger partial charge in [0.25, 0.3) is 0 Å². The fourth-order valence-electron chi connectivity index (χ4n) is 2.93. The van der Waals surface area contributed by atoms with Gasteiger partial charge in [0.2, 0.25) is 0 Å². The Labute approximate surface area is 109 Å². The molecule has 3 atom stereocenters. The summed E-state index contributed by atoms with van der Waals surface area (Å²) in [6.07, 6.45) is 1.26. The lowest BCUT2D eigenvalue weighted by Crippen LogP contribution is -2.46. The van der Waals surface area contributed by atoms with Crippen molar-refractivity contribution in [2.75, 3.05) is 17.2 Å². The highest BCUT2D eigenvalue weighted by atomic mass is 15.2. The van der Waals surface area contributed by atoms with Crippen LogP contribution in [0, 0.1) is 23.2 Å². The van der Waals surface area contributed by atoms with Gasteiger partial charge >= 0.3 is 0 Å². The fourth-order valence-corrected chi connectivity index (χ4v) is 2.93. The number of benzene rings is 1. The summed E-state index contributed by atoms with van der Waals surface area (Å²) in [5, 5.41) is 9.26. The van der Waals surface area contributed by atoms with Crippen molar-refractivity contribution in [2.24, 2.45) is 11.8 Å². The van der Waals surface area contributed by atoms with Crippen LogP contribution >= 0.6 is 0 Å². The average molecular weight is 243 g/mol. The van der Waals surface area contributed by atoms with Crippen LogP contribution in [0.15, 0.2) is 18.2 Å². The van der Waals surface area contributed by atoms with Crippen molar-refractivity contribution in [3.8, 4) is 6.07 Å². The first-order chi connectivity index (χ1) is 8.52. The zero-order chi connectivity index (χ0) is 13.3. The van der Waals surface area contributed by atoms with Gasteiger partial charge < -0.3 is 10.6 Å². The lowest BCUT2D eigenvalue weighted by Gasteiger charge is -2.43. The molecule has 0 aromatic heterocycles. The van der Waals surface area contributed by atoms with E-state index in [1.54, 1.807) is 6.07 Å². The van der Waals surface area contributed by atoms with Crippen LogP contribution in [0.25, 0.3) is 0 Å². The third-order valence-corrected chi connectivity index (χ3v) is 4.05. The van der Waals surface area contributed by atoms with Crippen LogP contribution < -0.4 is 10.6 Å². The second kappa shape index (κ2) is 4.89. The van der Waals surface area contributed by atoms with E-state index in [0.717, 1.165) is 12.2 Å². The third kappa shape index (κ3) is 2.28. The van der Waals surface area contributed by atoms with E-state index in [1.165, 1.54) is 6.42 Å². The first-order valence-corrected chi connectivity index (χ1v) is 6.59. The summed E-state index contributed by atoms with van der Waals surface area (Å²) in [7, 11) is 0. The number of hydrogen-bond acceptors (Lipinski definition) is 3. The van der Waals surface area contributed by atoms with Crippen LogP contribution in [-0.4, -0.2) is 12.6 Å². The molecule has 1 aliphatic rings. The lowest BCUT2D eigenvalue weighted by atomic mass is 9.85. The molecule has 96 valence electrons. The molecule has 0 radical (unpaired) electrons. The molecule has 3 heteroatoms. The van der Waals surface area contributed by atoms with Crippen molar-refractivity contribution in [3.05, 3.63) is 23.8 Å². The predicted octanol–water partition coefficient (Wildman–Crippen LogP) is 3.01. The van der Waals surface area contributed by atoms with Gasteiger partial charge in [0.15, 0.2) is 0 Å². The van der Waals surface area contributed by atoms with Crippen LogP contribution in [0.3, 0.4) is 0 Å². The molecular formula is C15H21N3. The number of rotatable bonds is 1. The minimum Gasteiger partial charge on any atom is -0.399 e. The van der Waals surface area contributed by atoms with Gasteiger partial charge in [0.1, 0.15) is 6.07 Å². The van der Waals surface area contributed by atoms with Crippen molar-refractivity contribution in [2.45, 2.75) is 33.2 Å². The van der Waals surface area contributed by atoms with E-state index >= 15 is 0 Å². The molecule has 1 aliphatic heterocycles.